The fourth-order valence-electron chi connectivity index (χ4n) is 9.15. The van der Waals surface area contributed by atoms with Gasteiger partial charge in [-0.3, -0.25) is 0 Å². The van der Waals surface area contributed by atoms with Crippen molar-refractivity contribution in [1.82, 2.24) is 0 Å². The van der Waals surface area contributed by atoms with Crippen LogP contribution in [0.5, 0.6) is 0 Å². The number of thiophene rings is 2. The van der Waals surface area contributed by atoms with Gasteiger partial charge in [0.2, 0.25) is 0 Å². The molecule has 63 heavy (non-hydrogen) atoms. The molecule has 298 valence electrons. The van der Waals surface area contributed by atoms with Crippen LogP contribution < -0.4 is 14.7 Å². The molecule has 2 aromatic heterocycles. The van der Waals surface area contributed by atoms with Gasteiger partial charge in [-0.15, -0.1) is 22.7 Å². The van der Waals surface area contributed by atoms with Crippen LogP contribution in [0.4, 0.5) is 51.2 Å². The minimum Gasteiger partial charge on any atom is -0.310 e. The number of anilines is 9. The fourth-order valence-corrected chi connectivity index (χ4v) is 11.5. The largest absolute Gasteiger partial charge is 0.310 e. The highest BCUT2D eigenvalue weighted by Gasteiger charge is 2.24. The van der Waals surface area contributed by atoms with E-state index in [1.165, 1.54) is 51.1 Å². The van der Waals surface area contributed by atoms with Crippen LogP contribution in [0, 0.1) is 0 Å². The summed E-state index contributed by atoms with van der Waals surface area (Å²) < 4.78 is 5.04. The van der Waals surface area contributed by atoms with Crippen LogP contribution in [-0.4, -0.2) is 0 Å². The molecule has 0 bridgehead atoms. The predicted octanol–water partition coefficient (Wildman–Crippen LogP) is 18.0. The van der Waals surface area contributed by atoms with Gasteiger partial charge in [0, 0.05) is 81.1 Å². The summed E-state index contributed by atoms with van der Waals surface area (Å²) in [6.07, 6.45) is 0. The number of hydrogen-bond donors (Lipinski definition) is 0. The second-order valence-corrected chi connectivity index (χ2v) is 17.9. The summed E-state index contributed by atoms with van der Waals surface area (Å²) in [6, 6.07) is 85.8. The monoisotopic (exact) mass is 841 g/mol. The third kappa shape index (κ3) is 6.57. The number of nitrogens with zero attached hydrogens (tertiary/aromatic N) is 3. The van der Waals surface area contributed by atoms with E-state index in [2.05, 4.69) is 251 Å². The first kappa shape index (κ1) is 37.1. The van der Waals surface area contributed by atoms with Crippen molar-refractivity contribution < 1.29 is 0 Å². The third-order valence-corrected chi connectivity index (χ3v) is 14.3. The van der Waals surface area contributed by atoms with E-state index in [1.54, 1.807) is 0 Å². The molecule has 0 saturated carbocycles. The number of fused-ring (bicyclic) bond motifs is 8. The van der Waals surface area contributed by atoms with Crippen molar-refractivity contribution in [1.29, 1.82) is 0 Å². The average Bonchev–Trinajstić information content (AvgIpc) is 3.92. The maximum Gasteiger partial charge on any atom is 0.0661 e. The molecule has 0 saturated heterocycles. The minimum absolute atomic E-state index is 1.09. The average molecular weight is 842 g/mol. The Kier molecular flexibility index (Phi) is 9.21. The van der Waals surface area contributed by atoms with Crippen molar-refractivity contribution >= 4 is 125 Å². The van der Waals surface area contributed by atoms with Crippen molar-refractivity contribution in [3.8, 4) is 0 Å². The van der Waals surface area contributed by atoms with Gasteiger partial charge in [-0.1, -0.05) is 127 Å². The SMILES string of the molecule is c1ccc(N(c2ccccc2)c2ccc3sc4cc(N(c5ccccc5)c5cc(N(c6ccccc6)c6ccccc6)c6sc7ccc8ccccc8c7c6c5)ccc4c3c2)cc1. The van der Waals surface area contributed by atoms with Crippen LogP contribution in [0.15, 0.2) is 237 Å². The summed E-state index contributed by atoms with van der Waals surface area (Å²) in [7, 11) is 0. The predicted molar refractivity (Wildman–Crippen MR) is 274 cm³/mol. The summed E-state index contributed by atoms with van der Waals surface area (Å²) in [5.41, 5.74) is 10.1. The maximum absolute atomic E-state index is 2.44. The molecule has 5 heteroatoms. The van der Waals surface area contributed by atoms with Crippen molar-refractivity contribution in [3.05, 3.63) is 237 Å². The number of para-hydroxylation sites is 5. The Balaban J connectivity index is 1.08. The van der Waals surface area contributed by atoms with Gasteiger partial charge < -0.3 is 14.7 Å². The summed E-state index contributed by atoms with van der Waals surface area (Å²) in [5.74, 6) is 0. The molecular formula is C58H39N3S2. The Hall–Kier alpha value is -7.70. The van der Waals surface area contributed by atoms with Gasteiger partial charge in [0.1, 0.15) is 0 Å². The number of hydrogen-bond acceptors (Lipinski definition) is 5. The van der Waals surface area contributed by atoms with E-state index in [4.69, 9.17) is 0 Å². The highest BCUT2D eigenvalue weighted by atomic mass is 32.1. The van der Waals surface area contributed by atoms with E-state index in [9.17, 15) is 0 Å². The van der Waals surface area contributed by atoms with Crippen LogP contribution in [-0.2, 0) is 0 Å². The normalized spacial score (nSPS) is 11.5. The summed E-state index contributed by atoms with van der Waals surface area (Å²) in [6.45, 7) is 0. The molecule has 0 N–H and O–H groups in total. The Labute approximate surface area is 374 Å². The lowest BCUT2D eigenvalue weighted by molar-refractivity contribution is 1.27. The molecule has 0 aliphatic heterocycles. The topological polar surface area (TPSA) is 9.72 Å². The van der Waals surface area contributed by atoms with Crippen LogP contribution in [0.3, 0.4) is 0 Å². The molecule has 12 rings (SSSR count). The van der Waals surface area contributed by atoms with Crippen LogP contribution in [0.1, 0.15) is 0 Å². The molecule has 0 amide bonds. The minimum atomic E-state index is 1.09. The van der Waals surface area contributed by atoms with Gasteiger partial charge in [-0.2, -0.15) is 0 Å². The Morgan fingerprint density at radius 1 is 0.254 bits per heavy atom. The molecule has 2 heterocycles. The number of rotatable bonds is 9. The van der Waals surface area contributed by atoms with Gasteiger partial charge in [0.15, 0.2) is 0 Å². The molecule has 10 aromatic carbocycles. The Morgan fingerprint density at radius 3 is 1.33 bits per heavy atom. The second-order valence-electron chi connectivity index (χ2n) is 15.8. The molecule has 0 aliphatic carbocycles. The van der Waals surface area contributed by atoms with Gasteiger partial charge in [0.25, 0.3) is 0 Å². The molecule has 3 nitrogen and oxygen atoms in total. The van der Waals surface area contributed by atoms with Gasteiger partial charge >= 0.3 is 0 Å². The van der Waals surface area contributed by atoms with E-state index in [0.29, 0.717) is 0 Å². The lowest BCUT2D eigenvalue weighted by Crippen LogP contribution is -2.13. The van der Waals surface area contributed by atoms with E-state index < -0.39 is 0 Å². The summed E-state index contributed by atoms with van der Waals surface area (Å²) in [5, 5.41) is 7.55. The molecule has 0 radical (unpaired) electrons. The van der Waals surface area contributed by atoms with Gasteiger partial charge in [0.05, 0.1) is 10.4 Å². The van der Waals surface area contributed by atoms with E-state index in [0.717, 1.165) is 51.2 Å². The summed E-state index contributed by atoms with van der Waals surface area (Å²) >= 11 is 3.73. The Morgan fingerprint density at radius 2 is 0.730 bits per heavy atom. The fraction of sp³-hybridized carbons (Fsp3) is 0. The van der Waals surface area contributed by atoms with E-state index >= 15 is 0 Å². The van der Waals surface area contributed by atoms with Crippen molar-refractivity contribution in [2.75, 3.05) is 14.7 Å². The van der Waals surface area contributed by atoms with Gasteiger partial charge in [-0.05, 0) is 120 Å². The first-order chi connectivity index (χ1) is 31.2. The standard InChI is InChI=1S/C58H39N3S2/c1-6-19-41(20-7-1)59(42-21-8-2-9-22-42)46-32-35-54-51(36-46)50-33-31-47(39-56(50)62-54)60(43-23-10-3-11-24-43)48-37-52-57-49-29-17-16-18-40(49)30-34-55(57)63-58(52)53(38-48)61(44-25-12-4-13-26-44)45-27-14-5-15-28-45/h1-39H. The molecule has 12 aromatic rings. The lowest BCUT2D eigenvalue weighted by atomic mass is 10.0. The first-order valence-corrected chi connectivity index (χ1v) is 22.9. The van der Waals surface area contributed by atoms with E-state index in [-0.39, 0.29) is 0 Å². The zero-order valence-corrected chi connectivity index (χ0v) is 35.8. The third-order valence-electron chi connectivity index (χ3n) is 12.0. The molecule has 0 atom stereocenters. The summed E-state index contributed by atoms with van der Waals surface area (Å²) in [4.78, 5) is 7.20. The van der Waals surface area contributed by atoms with Crippen molar-refractivity contribution in [2.24, 2.45) is 0 Å². The highest BCUT2D eigenvalue weighted by molar-refractivity contribution is 7.26. The molecule has 0 spiro atoms. The lowest BCUT2D eigenvalue weighted by Gasteiger charge is -2.30. The number of benzene rings is 10. The molecule has 0 fully saturated rings. The van der Waals surface area contributed by atoms with Gasteiger partial charge in [-0.25, -0.2) is 0 Å². The smallest absolute Gasteiger partial charge is 0.0661 e. The van der Waals surface area contributed by atoms with Crippen LogP contribution >= 0.6 is 22.7 Å². The first-order valence-electron chi connectivity index (χ1n) is 21.3. The zero-order chi connectivity index (χ0) is 41.7. The van der Waals surface area contributed by atoms with Crippen molar-refractivity contribution in [2.45, 2.75) is 0 Å². The van der Waals surface area contributed by atoms with Crippen LogP contribution in [0.2, 0.25) is 0 Å². The molecular weight excluding hydrogens is 803 g/mol. The van der Waals surface area contributed by atoms with Crippen LogP contribution in [0.25, 0.3) is 51.1 Å². The zero-order valence-electron chi connectivity index (χ0n) is 34.2. The molecule has 0 unspecified atom stereocenters. The highest BCUT2D eigenvalue weighted by Crippen LogP contribution is 2.51. The quantitative estimate of drug-likeness (QED) is 0.143. The Bertz CT molecular complexity index is 3490. The second kappa shape index (κ2) is 15.6. The van der Waals surface area contributed by atoms with Crippen molar-refractivity contribution in [3.63, 3.8) is 0 Å². The van der Waals surface area contributed by atoms with E-state index in [1.807, 2.05) is 22.7 Å². The maximum atomic E-state index is 2.44. The molecule has 0 aliphatic rings.